The van der Waals surface area contributed by atoms with Gasteiger partial charge in [-0.15, -0.1) is 0 Å². The molecule has 0 aliphatic heterocycles. The summed E-state index contributed by atoms with van der Waals surface area (Å²) in [6.45, 7) is 2.15. The van der Waals surface area contributed by atoms with Gasteiger partial charge in [0.2, 0.25) is 0 Å². The lowest BCUT2D eigenvalue weighted by molar-refractivity contribution is 1.22. The molecule has 1 heterocycles. The van der Waals surface area contributed by atoms with Crippen LogP contribution in [0.15, 0.2) is 59.2 Å². The van der Waals surface area contributed by atoms with E-state index in [4.69, 9.17) is 0 Å². The molecule has 0 aliphatic rings. The van der Waals surface area contributed by atoms with E-state index in [1.807, 2.05) is 0 Å². The summed E-state index contributed by atoms with van der Waals surface area (Å²) in [4.78, 5) is 0. The van der Waals surface area contributed by atoms with Gasteiger partial charge in [-0.3, -0.25) is 0 Å². The van der Waals surface area contributed by atoms with Crippen LogP contribution < -0.4 is 0 Å². The second-order valence-corrected chi connectivity index (χ2v) is 5.52. The first-order valence-corrected chi connectivity index (χ1v) is 7.03. The highest BCUT2D eigenvalue weighted by molar-refractivity contribution is 9.10. The SMILES string of the molecule is Cc1cn(/C=C\c2ccc(Br)cc2)c2ccccc12. The normalized spacial score (nSPS) is 11.5. The van der Waals surface area contributed by atoms with E-state index in [1.54, 1.807) is 0 Å². The van der Waals surface area contributed by atoms with Crippen molar-refractivity contribution in [3.63, 3.8) is 0 Å². The molecule has 2 heteroatoms. The van der Waals surface area contributed by atoms with Crippen LogP contribution in [-0.2, 0) is 0 Å². The van der Waals surface area contributed by atoms with Gasteiger partial charge in [-0.1, -0.05) is 46.3 Å². The first-order chi connectivity index (χ1) is 9.24. The Labute approximate surface area is 121 Å². The molecule has 0 aliphatic carbocycles. The molecule has 0 atom stereocenters. The third-order valence-corrected chi connectivity index (χ3v) is 3.77. The average molecular weight is 312 g/mol. The van der Waals surface area contributed by atoms with Crippen molar-refractivity contribution in [3.8, 4) is 0 Å². The molecule has 0 fully saturated rings. The molecule has 0 unspecified atom stereocenters. The number of hydrogen-bond donors (Lipinski definition) is 0. The van der Waals surface area contributed by atoms with Crippen molar-refractivity contribution in [3.05, 3.63) is 70.3 Å². The summed E-state index contributed by atoms with van der Waals surface area (Å²) in [6, 6.07) is 16.8. The third kappa shape index (κ3) is 2.49. The maximum Gasteiger partial charge on any atom is 0.0525 e. The lowest BCUT2D eigenvalue weighted by Gasteiger charge is -1.98. The fourth-order valence-electron chi connectivity index (χ4n) is 2.24. The predicted molar refractivity (Wildman–Crippen MR) is 86.0 cm³/mol. The van der Waals surface area contributed by atoms with Crippen LogP contribution in [0.3, 0.4) is 0 Å². The molecule has 3 aromatic rings. The molecular formula is C17H14BrN. The number of nitrogens with zero attached hydrogens (tertiary/aromatic N) is 1. The highest BCUT2D eigenvalue weighted by Crippen LogP contribution is 2.21. The Balaban J connectivity index is 1.99. The van der Waals surface area contributed by atoms with Gasteiger partial charge < -0.3 is 4.57 Å². The summed E-state index contributed by atoms with van der Waals surface area (Å²) < 4.78 is 3.28. The molecule has 1 aromatic heterocycles. The monoisotopic (exact) mass is 311 g/mol. The highest BCUT2D eigenvalue weighted by Gasteiger charge is 2.01. The molecule has 3 rings (SSSR count). The zero-order chi connectivity index (χ0) is 13.2. The predicted octanol–water partition coefficient (Wildman–Crippen LogP) is 5.34. The van der Waals surface area contributed by atoms with Crippen LogP contribution in [0.1, 0.15) is 11.1 Å². The van der Waals surface area contributed by atoms with E-state index in [-0.39, 0.29) is 0 Å². The lowest BCUT2D eigenvalue weighted by Crippen LogP contribution is -1.82. The summed E-state index contributed by atoms with van der Waals surface area (Å²) >= 11 is 3.45. The van der Waals surface area contributed by atoms with Crippen molar-refractivity contribution in [2.24, 2.45) is 0 Å². The van der Waals surface area contributed by atoms with Crippen molar-refractivity contribution in [1.82, 2.24) is 4.57 Å². The second-order valence-electron chi connectivity index (χ2n) is 4.60. The number of hydrogen-bond acceptors (Lipinski definition) is 0. The van der Waals surface area contributed by atoms with E-state index in [1.165, 1.54) is 22.0 Å². The summed E-state index contributed by atoms with van der Waals surface area (Å²) in [6.07, 6.45) is 6.40. The van der Waals surface area contributed by atoms with Crippen LogP contribution >= 0.6 is 15.9 Å². The zero-order valence-electron chi connectivity index (χ0n) is 10.7. The van der Waals surface area contributed by atoms with E-state index in [0.717, 1.165) is 4.47 Å². The Morgan fingerprint density at radius 3 is 2.53 bits per heavy atom. The van der Waals surface area contributed by atoms with Gasteiger partial charge in [-0.2, -0.15) is 0 Å². The fraction of sp³-hybridized carbons (Fsp3) is 0.0588. The average Bonchev–Trinajstić information content (AvgIpc) is 2.76. The Hall–Kier alpha value is -1.80. The summed E-state index contributed by atoms with van der Waals surface area (Å²) in [5.74, 6) is 0. The smallest absolute Gasteiger partial charge is 0.0525 e. The molecule has 0 saturated heterocycles. The topological polar surface area (TPSA) is 4.93 Å². The molecule has 2 aromatic carbocycles. The molecule has 94 valence electrons. The van der Waals surface area contributed by atoms with E-state index in [0.29, 0.717) is 0 Å². The molecule has 19 heavy (non-hydrogen) atoms. The van der Waals surface area contributed by atoms with Crippen LogP contribution in [0.2, 0.25) is 0 Å². The van der Waals surface area contributed by atoms with E-state index in [2.05, 4.69) is 94.4 Å². The van der Waals surface area contributed by atoms with Crippen molar-refractivity contribution < 1.29 is 0 Å². The van der Waals surface area contributed by atoms with Crippen LogP contribution in [0.4, 0.5) is 0 Å². The summed E-state index contributed by atoms with van der Waals surface area (Å²) in [5, 5.41) is 1.31. The van der Waals surface area contributed by atoms with Crippen LogP contribution in [0.25, 0.3) is 23.2 Å². The molecule has 0 radical (unpaired) electrons. The molecule has 0 saturated carbocycles. The maximum atomic E-state index is 3.45. The van der Waals surface area contributed by atoms with E-state index < -0.39 is 0 Å². The lowest BCUT2D eigenvalue weighted by atomic mass is 10.2. The zero-order valence-corrected chi connectivity index (χ0v) is 12.3. The van der Waals surface area contributed by atoms with Gasteiger partial charge in [0, 0.05) is 22.3 Å². The van der Waals surface area contributed by atoms with Gasteiger partial charge >= 0.3 is 0 Å². The molecule has 0 spiro atoms. The Morgan fingerprint density at radius 1 is 1.00 bits per heavy atom. The van der Waals surface area contributed by atoms with Gasteiger partial charge in [0.15, 0.2) is 0 Å². The molecule has 0 N–H and O–H groups in total. The minimum absolute atomic E-state index is 1.10. The number of halogens is 1. The molecule has 0 bridgehead atoms. The Bertz CT molecular complexity index is 736. The van der Waals surface area contributed by atoms with Crippen molar-refractivity contribution >= 4 is 39.1 Å². The minimum Gasteiger partial charge on any atom is -0.323 e. The highest BCUT2D eigenvalue weighted by atomic mass is 79.9. The largest absolute Gasteiger partial charge is 0.323 e. The van der Waals surface area contributed by atoms with Crippen molar-refractivity contribution in [1.29, 1.82) is 0 Å². The number of aromatic nitrogens is 1. The van der Waals surface area contributed by atoms with E-state index in [9.17, 15) is 0 Å². The van der Waals surface area contributed by atoms with Crippen molar-refractivity contribution in [2.45, 2.75) is 6.92 Å². The Kier molecular flexibility index (Phi) is 3.26. The number of aryl methyl sites for hydroxylation is 1. The van der Waals surface area contributed by atoms with E-state index >= 15 is 0 Å². The maximum absolute atomic E-state index is 3.45. The molecular weight excluding hydrogens is 298 g/mol. The standard InChI is InChI=1S/C17H14BrN/c1-13-12-19(17-5-3-2-4-16(13)17)11-10-14-6-8-15(18)9-7-14/h2-12H,1H3/b11-10-. The fourth-order valence-corrected chi connectivity index (χ4v) is 2.51. The number of benzene rings is 2. The second kappa shape index (κ2) is 5.06. The van der Waals surface area contributed by atoms with Crippen LogP contribution in [0.5, 0.6) is 0 Å². The quantitative estimate of drug-likeness (QED) is 0.602. The number of fused-ring (bicyclic) bond motifs is 1. The van der Waals surface area contributed by atoms with Gasteiger partial charge in [0.1, 0.15) is 0 Å². The first kappa shape index (κ1) is 12.2. The van der Waals surface area contributed by atoms with Gasteiger partial charge in [0.05, 0.1) is 5.52 Å². The Morgan fingerprint density at radius 2 is 1.74 bits per heavy atom. The van der Waals surface area contributed by atoms with Gasteiger partial charge in [-0.05, 0) is 42.3 Å². The minimum atomic E-state index is 1.10. The third-order valence-electron chi connectivity index (χ3n) is 3.24. The summed E-state index contributed by atoms with van der Waals surface area (Å²) in [5.41, 5.74) is 3.74. The van der Waals surface area contributed by atoms with Crippen LogP contribution in [0, 0.1) is 6.92 Å². The molecule has 1 nitrogen and oxygen atoms in total. The van der Waals surface area contributed by atoms with Crippen molar-refractivity contribution in [2.75, 3.05) is 0 Å². The first-order valence-electron chi connectivity index (χ1n) is 6.24. The molecule has 0 amide bonds. The number of rotatable bonds is 2. The summed E-state index contributed by atoms with van der Waals surface area (Å²) in [7, 11) is 0. The van der Waals surface area contributed by atoms with Gasteiger partial charge in [-0.25, -0.2) is 0 Å². The van der Waals surface area contributed by atoms with Crippen LogP contribution in [-0.4, -0.2) is 4.57 Å². The number of para-hydroxylation sites is 1. The van der Waals surface area contributed by atoms with Gasteiger partial charge in [0.25, 0.3) is 0 Å².